The van der Waals surface area contributed by atoms with Crippen molar-refractivity contribution in [2.75, 3.05) is 0 Å². The summed E-state index contributed by atoms with van der Waals surface area (Å²) in [4.78, 5) is 7.96. The number of nitrogens with one attached hydrogen (secondary N) is 1. The molecule has 3 N–H and O–H groups in total. The molecule has 0 aromatic carbocycles. The molecular weight excluding hydrogens is 204 g/mol. The summed E-state index contributed by atoms with van der Waals surface area (Å²) >= 11 is 0. The summed E-state index contributed by atoms with van der Waals surface area (Å²) in [5.74, 6) is 7.28. The topological polar surface area (TPSA) is 77.0 Å². The Morgan fingerprint density at radius 3 is 2.50 bits per heavy atom. The van der Waals surface area contributed by atoms with Crippen molar-refractivity contribution in [1.29, 1.82) is 0 Å². The Balaban J connectivity index is 2.40. The van der Waals surface area contributed by atoms with E-state index in [2.05, 4.69) is 15.4 Å². The van der Waals surface area contributed by atoms with Crippen LogP contribution in [-0.2, 0) is 0 Å². The second-order valence-corrected chi connectivity index (χ2v) is 3.64. The number of aryl methyl sites for hydroxylation is 2. The number of hydrazine groups is 1. The Hall–Kier alpha value is -1.72. The maximum absolute atomic E-state index is 5.57. The number of hydrogen-bond donors (Lipinski definition) is 2. The Morgan fingerprint density at radius 1 is 1.31 bits per heavy atom. The molecule has 16 heavy (non-hydrogen) atoms. The van der Waals surface area contributed by atoms with Crippen LogP contribution in [0.2, 0.25) is 0 Å². The molecule has 0 amide bonds. The second kappa shape index (κ2) is 4.42. The number of aromatic nitrogens is 2. The average Bonchev–Trinajstić information content (AvgIpc) is 2.61. The molecule has 0 spiro atoms. The summed E-state index contributed by atoms with van der Waals surface area (Å²) in [5, 5.41) is 0. The van der Waals surface area contributed by atoms with Crippen LogP contribution in [0, 0.1) is 13.8 Å². The molecular formula is C11H14N4O. The Kier molecular flexibility index (Phi) is 2.98. The number of nitrogens with zero attached hydrogens (tertiary/aromatic N) is 2. The van der Waals surface area contributed by atoms with E-state index in [4.69, 9.17) is 10.3 Å². The lowest BCUT2D eigenvalue weighted by atomic mass is 10.0. The highest BCUT2D eigenvalue weighted by atomic mass is 16.3. The largest absolute Gasteiger partial charge is 0.466 e. The summed E-state index contributed by atoms with van der Waals surface area (Å²) in [7, 11) is 0. The molecule has 0 aliphatic rings. The van der Waals surface area contributed by atoms with Crippen molar-refractivity contribution in [2.45, 2.75) is 19.9 Å². The molecule has 2 rings (SSSR count). The minimum atomic E-state index is -0.140. The van der Waals surface area contributed by atoms with E-state index in [1.807, 2.05) is 19.9 Å². The lowest BCUT2D eigenvalue weighted by Crippen LogP contribution is -2.29. The molecule has 2 aromatic heterocycles. The van der Waals surface area contributed by atoms with Crippen LogP contribution in [0.5, 0.6) is 0 Å². The van der Waals surface area contributed by atoms with E-state index in [-0.39, 0.29) is 6.04 Å². The summed E-state index contributed by atoms with van der Waals surface area (Å²) < 4.78 is 5.48. The van der Waals surface area contributed by atoms with Gasteiger partial charge in [0.1, 0.15) is 17.8 Å². The number of nitrogens with two attached hydrogens (primary N) is 1. The highest BCUT2D eigenvalue weighted by molar-refractivity contribution is 5.31. The molecule has 0 saturated carbocycles. The van der Waals surface area contributed by atoms with Gasteiger partial charge in [-0.15, -0.1) is 0 Å². The van der Waals surface area contributed by atoms with Gasteiger partial charge in [0, 0.05) is 23.5 Å². The monoisotopic (exact) mass is 218 g/mol. The standard InChI is InChI=1S/C11H14N4O/c1-7-3-10(8(2)16-7)11(15-12)9-4-13-6-14-5-9/h3-6,11,15H,12H2,1-2H3. The summed E-state index contributed by atoms with van der Waals surface area (Å²) in [6.07, 6.45) is 4.96. The van der Waals surface area contributed by atoms with Gasteiger partial charge in [-0.3, -0.25) is 5.84 Å². The van der Waals surface area contributed by atoms with Gasteiger partial charge in [-0.2, -0.15) is 0 Å². The lowest BCUT2D eigenvalue weighted by Gasteiger charge is -2.14. The zero-order valence-electron chi connectivity index (χ0n) is 9.27. The Labute approximate surface area is 93.7 Å². The normalized spacial score (nSPS) is 12.7. The first-order chi connectivity index (χ1) is 7.72. The summed E-state index contributed by atoms with van der Waals surface area (Å²) in [6, 6.07) is 1.82. The molecule has 0 radical (unpaired) electrons. The Morgan fingerprint density at radius 2 is 2.00 bits per heavy atom. The van der Waals surface area contributed by atoms with Crippen molar-refractivity contribution in [3.8, 4) is 0 Å². The molecule has 0 fully saturated rings. The first-order valence-corrected chi connectivity index (χ1v) is 5.00. The van der Waals surface area contributed by atoms with Crippen LogP contribution in [0.15, 0.2) is 29.2 Å². The smallest absolute Gasteiger partial charge is 0.115 e. The predicted molar refractivity (Wildman–Crippen MR) is 59.4 cm³/mol. The van der Waals surface area contributed by atoms with Crippen LogP contribution in [-0.4, -0.2) is 9.97 Å². The van der Waals surface area contributed by atoms with Crippen LogP contribution in [0.1, 0.15) is 28.7 Å². The van der Waals surface area contributed by atoms with Gasteiger partial charge in [0.25, 0.3) is 0 Å². The third-order valence-electron chi connectivity index (χ3n) is 2.47. The highest BCUT2D eigenvalue weighted by Crippen LogP contribution is 2.25. The molecule has 2 heterocycles. The van der Waals surface area contributed by atoms with Gasteiger partial charge in [-0.25, -0.2) is 15.4 Å². The van der Waals surface area contributed by atoms with Gasteiger partial charge in [0.15, 0.2) is 0 Å². The zero-order valence-corrected chi connectivity index (χ0v) is 9.27. The molecule has 2 aromatic rings. The van der Waals surface area contributed by atoms with E-state index in [9.17, 15) is 0 Å². The van der Waals surface area contributed by atoms with Crippen molar-refractivity contribution in [1.82, 2.24) is 15.4 Å². The van der Waals surface area contributed by atoms with E-state index < -0.39 is 0 Å². The van der Waals surface area contributed by atoms with E-state index in [1.54, 1.807) is 12.4 Å². The fourth-order valence-electron chi connectivity index (χ4n) is 1.76. The molecule has 84 valence electrons. The maximum atomic E-state index is 5.57. The molecule has 0 bridgehead atoms. The molecule has 5 nitrogen and oxygen atoms in total. The van der Waals surface area contributed by atoms with Crippen LogP contribution in [0.25, 0.3) is 0 Å². The van der Waals surface area contributed by atoms with Crippen molar-refractivity contribution < 1.29 is 4.42 Å². The highest BCUT2D eigenvalue weighted by Gasteiger charge is 2.18. The van der Waals surface area contributed by atoms with Crippen molar-refractivity contribution >= 4 is 0 Å². The first kappa shape index (κ1) is 10.8. The predicted octanol–water partition coefficient (Wildman–Crippen LogP) is 1.24. The van der Waals surface area contributed by atoms with Gasteiger partial charge >= 0.3 is 0 Å². The lowest BCUT2D eigenvalue weighted by molar-refractivity contribution is 0.495. The van der Waals surface area contributed by atoms with Gasteiger partial charge in [0.2, 0.25) is 0 Å². The molecule has 1 atom stereocenters. The number of hydrogen-bond acceptors (Lipinski definition) is 5. The minimum absolute atomic E-state index is 0.140. The van der Waals surface area contributed by atoms with E-state index in [0.29, 0.717) is 0 Å². The van der Waals surface area contributed by atoms with E-state index in [0.717, 1.165) is 22.6 Å². The third-order valence-corrected chi connectivity index (χ3v) is 2.47. The molecule has 5 heteroatoms. The van der Waals surface area contributed by atoms with Crippen LogP contribution < -0.4 is 11.3 Å². The Bertz CT molecular complexity index is 466. The quantitative estimate of drug-likeness (QED) is 0.598. The van der Waals surface area contributed by atoms with Gasteiger partial charge in [-0.1, -0.05) is 0 Å². The zero-order chi connectivity index (χ0) is 11.5. The van der Waals surface area contributed by atoms with Crippen LogP contribution >= 0.6 is 0 Å². The molecule has 0 aliphatic carbocycles. The van der Waals surface area contributed by atoms with Crippen LogP contribution in [0.4, 0.5) is 0 Å². The van der Waals surface area contributed by atoms with Crippen molar-refractivity contribution in [3.63, 3.8) is 0 Å². The van der Waals surface area contributed by atoms with Crippen molar-refractivity contribution in [3.05, 3.63) is 47.4 Å². The number of furan rings is 1. The SMILES string of the molecule is Cc1cc(C(NN)c2cncnc2)c(C)o1. The van der Waals surface area contributed by atoms with E-state index in [1.165, 1.54) is 6.33 Å². The molecule has 1 unspecified atom stereocenters. The van der Waals surface area contributed by atoms with Gasteiger partial charge in [-0.05, 0) is 19.9 Å². The van der Waals surface area contributed by atoms with Gasteiger partial charge in [0.05, 0.1) is 6.04 Å². The van der Waals surface area contributed by atoms with Crippen molar-refractivity contribution in [2.24, 2.45) is 5.84 Å². The summed E-state index contributed by atoms with van der Waals surface area (Å²) in [5.41, 5.74) is 4.67. The minimum Gasteiger partial charge on any atom is -0.466 e. The summed E-state index contributed by atoms with van der Waals surface area (Å²) in [6.45, 7) is 3.82. The fraction of sp³-hybridized carbons (Fsp3) is 0.273. The first-order valence-electron chi connectivity index (χ1n) is 5.00. The molecule has 0 saturated heterocycles. The fourth-order valence-corrected chi connectivity index (χ4v) is 1.76. The third kappa shape index (κ3) is 1.95. The number of rotatable bonds is 3. The van der Waals surface area contributed by atoms with E-state index >= 15 is 0 Å². The maximum Gasteiger partial charge on any atom is 0.115 e. The van der Waals surface area contributed by atoms with Crippen LogP contribution in [0.3, 0.4) is 0 Å². The van der Waals surface area contributed by atoms with Gasteiger partial charge < -0.3 is 4.42 Å². The average molecular weight is 218 g/mol. The second-order valence-electron chi connectivity index (χ2n) is 3.64. The molecule has 0 aliphatic heterocycles.